The molecule has 2 amide bonds. The van der Waals surface area contributed by atoms with Crippen LogP contribution in [0.15, 0.2) is 35.7 Å². The summed E-state index contributed by atoms with van der Waals surface area (Å²) in [6, 6.07) is 8.85. The Morgan fingerprint density at radius 2 is 2.00 bits per heavy atom. The van der Waals surface area contributed by atoms with Gasteiger partial charge in [-0.05, 0) is 49.1 Å². The van der Waals surface area contributed by atoms with Crippen LogP contribution in [0.5, 0.6) is 0 Å². The monoisotopic (exact) mass is 288 g/mol. The van der Waals surface area contributed by atoms with Gasteiger partial charge in [-0.15, -0.1) is 11.3 Å². The zero-order valence-corrected chi connectivity index (χ0v) is 12.2. The number of anilines is 1. The van der Waals surface area contributed by atoms with Crippen molar-refractivity contribution in [1.82, 2.24) is 5.32 Å². The lowest BCUT2D eigenvalue weighted by Crippen LogP contribution is -2.22. The van der Waals surface area contributed by atoms with Gasteiger partial charge in [-0.1, -0.05) is 6.07 Å². The summed E-state index contributed by atoms with van der Waals surface area (Å²) in [5.41, 5.74) is 2.17. The average molecular weight is 288 g/mol. The molecule has 20 heavy (non-hydrogen) atoms. The highest BCUT2D eigenvalue weighted by Crippen LogP contribution is 2.19. The third-order valence-electron chi connectivity index (χ3n) is 2.82. The third-order valence-corrected chi connectivity index (χ3v) is 3.69. The molecule has 0 aliphatic heterocycles. The van der Waals surface area contributed by atoms with Crippen LogP contribution in [0.4, 0.5) is 5.69 Å². The van der Waals surface area contributed by atoms with E-state index < -0.39 is 0 Å². The summed E-state index contributed by atoms with van der Waals surface area (Å²) in [6.07, 6.45) is 0. The molecule has 1 heterocycles. The van der Waals surface area contributed by atoms with E-state index in [1.807, 2.05) is 25.3 Å². The summed E-state index contributed by atoms with van der Waals surface area (Å²) in [7, 11) is 0. The molecule has 0 fully saturated rings. The number of thiophene rings is 1. The summed E-state index contributed by atoms with van der Waals surface area (Å²) >= 11 is 1.39. The Kier molecular flexibility index (Phi) is 4.53. The van der Waals surface area contributed by atoms with Gasteiger partial charge in [-0.2, -0.15) is 0 Å². The molecule has 0 aliphatic rings. The molecule has 104 valence electrons. The van der Waals surface area contributed by atoms with Crippen molar-refractivity contribution in [3.05, 3.63) is 51.7 Å². The number of hydrogen-bond acceptors (Lipinski definition) is 3. The van der Waals surface area contributed by atoms with Gasteiger partial charge < -0.3 is 10.6 Å². The maximum atomic E-state index is 12.0. The zero-order valence-electron chi connectivity index (χ0n) is 11.4. The second-order valence-corrected chi connectivity index (χ2v) is 5.27. The maximum Gasteiger partial charge on any atom is 0.265 e. The fraction of sp³-hybridized carbons (Fsp3) is 0.200. The van der Waals surface area contributed by atoms with Crippen LogP contribution in [-0.4, -0.2) is 18.4 Å². The quantitative estimate of drug-likeness (QED) is 0.908. The molecule has 0 saturated heterocycles. The highest BCUT2D eigenvalue weighted by molar-refractivity contribution is 7.12. The van der Waals surface area contributed by atoms with E-state index in [4.69, 9.17) is 0 Å². The Morgan fingerprint density at radius 1 is 1.20 bits per heavy atom. The molecule has 2 rings (SSSR count). The summed E-state index contributed by atoms with van der Waals surface area (Å²) in [6.45, 7) is 4.34. The first-order valence-electron chi connectivity index (χ1n) is 6.35. The van der Waals surface area contributed by atoms with Crippen molar-refractivity contribution in [3.63, 3.8) is 0 Å². The SMILES string of the molecule is CCNC(=O)c1ccc(NC(=O)c2cccs2)c(C)c1. The normalized spacial score (nSPS) is 10.1. The summed E-state index contributed by atoms with van der Waals surface area (Å²) in [5, 5.41) is 7.46. The molecule has 0 bridgehead atoms. The van der Waals surface area contributed by atoms with Crippen molar-refractivity contribution < 1.29 is 9.59 Å². The minimum Gasteiger partial charge on any atom is -0.352 e. The second kappa shape index (κ2) is 6.34. The van der Waals surface area contributed by atoms with Crippen molar-refractivity contribution in [1.29, 1.82) is 0 Å². The largest absolute Gasteiger partial charge is 0.352 e. The van der Waals surface area contributed by atoms with Crippen LogP contribution in [0, 0.1) is 6.92 Å². The lowest BCUT2D eigenvalue weighted by Gasteiger charge is -2.09. The third kappa shape index (κ3) is 3.24. The van der Waals surface area contributed by atoms with E-state index >= 15 is 0 Å². The van der Waals surface area contributed by atoms with Gasteiger partial charge >= 0.3 is 0 Å². The number of rotatable bonds is 4. The molecule has 2 N–H and O–H groups in total. The molecule has 2 aromatic rings. The van der Waals surface area contributed by atoms with Crippen molar-refractivity contribution in [2.24, 2.45) is 0 Å². The van der Waals surface area contributed by atoms with Crippen LogP contribution in [0.3, 0.4) is 0 Å². The molecule has 0 unspecified atom stereocenters. The molecule has 0 radical (unpaired) electrons. The highest BCUT2D eigenvalue weighted by atomic mass is 32.1. The van der Waals surface area contributed by atoms with Gasteiger partial charge in [0.1, 0.15) is 0 Å². The number of aryl methyl sites for hydroxylation is 1. The van der Waals surface area contributed by atoms with Crippen LogP contribution in [0.1, 0.15) is 32.5 Å². The fourth-order valence-electron chi connectivity index (χ4n) is 1.80. The van der Waals surface area contributed by atoms with Crippen molar-refractivity contribution >= 4 is 28.8 Å². The summed E-state index contributed by atoms with van der Waals surface area (Å²) in [4.78, 5) is 24.4. The first kappa shape index (κ1) is 14.3. The Hall–Kier alpha value is -2.14. The smallest absolute Gasteiger partial charge is 0.265 e. The predicted molar refractivity (Wildman–Crippen MR) is 81.5 cm³/mol. The molecule has 4 nitrogen and oxygen atoms in total. The van der Waals surface area contributed by atoms with Gasteiger partial charge in [0.2, 0.25) is 0 Å². The number of carbonyl (C=O) groups is 2. The second-order valence-electron chi connectivity index (χ2n) is 4.32. The van der Waals surface area contributed by atoms with Crippen LogP contribution >= 0.6 is 11.3 Å². The molecule has 0 atom stereocenters. The Labute approximate surface area is 121 Å². The Bertz CT molecular complexity index is 621. The average Bonchev–Trinajstić information content (AvgIpc) is 2.95. The predicted octanol–water partition coefficient (Wildman–Crippen LogP) is 3.06. The first-order valence-corrected chi connectivity index (χ1v) is 7.23. The van der Waals surface area contributed by atoms with E-state index in [2.05, 4.69) is 10.6 Å². The van der Waals surface area contributed by atoms with Crippen LogP contribution < -0.4 is 10.6 Å². The van der Waals surface area contributed by atoms with Gasteiger partial charge in [-0.3, -0.25) is 9.59 Å². The van der Waals surface area contributed by atoms with Crippen molar-refractivity contribution in [2.45, 2.75) is 13.8 Å². The highest BCUT2D eigenvalue weighted by Gasteiger charge is 2.10. The van der Waals surface area contributed by atoms with Crippen LogP contribution in [0.2, 0.25) is 0 Å². The van der Waals surface area contributed by atoms with E-state index in [9.17, 15) is 9.59 Å². The Morgan fingerprint density at radius 3 is 2.60 bits per heavy atom. The minimum atomic E-state index is -0.131. The molecule has 0 saturated carbocycles. The standard InChI is InChI=1S/C15H16N2O2S/c1-3-16-14(18)11-6-7-12(10(2)9-11)17-15(19)13-5-4-8-20-13/h4-9H,3H2,1-2H3,(H,16,18)(H,17,19). The summed E-state index contributed by atoms with van der Waals surface area (Å²) < 4.78 is 0. The molecular weight excluding hydrogens is 272 g/mol. The molecule has 5 heteroatoms. The molecule has 0 aliphatic carbocycles. The van der Waals surface area contributed by atoms with E-state index in [1.165, 1.54) is 11.3 Å². The fourth-order valence-corrected chi connectivity index (χ4v) is 2.42. The maximum absolute atomic E-state index is 12.0. The Balaban J connectivity index is 2.14. The topological polar surface area (TPSA) is 58.2 Å². The zero-order chi connectivity index (χ0) is 14.5. The molecular formula is C15H16N2O2S. The first-order chi connectivity index (χ1) is 9.61. The number of amides is 2. The van der Waals surface area contributed by atoms with E-state index in [1.54, 1.807) is 24.3 Å². The number of benzene rings is 1. The van der Waals surface area contributed by atoms with Crippen LogP contribution in [-0.2, 0) is 0 Å². The number of carbonyl (C=O) groups excluding carboxylic acids is 2. The molecule has 0 spiro atoms. The lowest BCUT2D eigenvalue weighted by molar-refractivity contribution is 0.0955. The summed E-state index contributed by atoms with van der Waals surface area (Å²) in [5.74, 6) is -0.236. The van der Waals surface area contributed by atoms with E-state index in [0.29, 0.717) is 17.0 Å². The lowest BCUT2D eigenvalue weighted by atomic mass is 10.1. The van der Waals surface area contributed by atoms with Gasteiger partial charge in [0.05, 0.1) is 4.88 Å². The van der Waals surface area contributed by atoms with E-state index in [-0.39, 0.29) is 11.8 Å². The van der Waals surface area contributed by atoms with Gasteiger partial charge in [0, 0.05) is 17.8 Å². The van der Waals surface area contributed by atoms with Crippen LogP contribution in [0.25, 0.3) is 0 Å². The van der Waals surface area contributed by atoms with Gasteiger partial charge in [0.15, 0.2) is 0 Å². The minimum absolute atomic E-state index is 0.105. The van der Waals surface area contributed by atoms with Gasteiger partial charge in [-0.25, -0.2) is 0 Å². The number of hydrogen-bond donors (Lipinski definition) is 2. The molecule has 1 aromatic carbocycles. The van der Waals surface area contributed by atoms with Crippen molar-refractivity contribution in [2.75, 3.05) is 11.9 Å². The van der Waals surface area contributed by atoms with E-state index in [0.717, 1.165) is 11.3 Å². The number of nitrogens with one attached hydrogen (secondary N) is 2. The van der Waals surface area contributed by atoms with Crippen molar-refractivity contribution in [3.8, 4) is 0 Å². The molecule has 1 aromatic heterocycles. The van der Waals surface area contributed by atoms with Gasteiger partial charge in [0.25, 0.3) is 11.8 Å².